The molecule has 0 saturated carbocycles. The van der Waals surface area contributed by atoms with E-state index < -0.39 is 0 Å². The van der Waals surface area contributed by atoms with Gasteiger partial charge in [0.15, 0.2) is 5.16 Å². The van der Waals surface area contributed by atoms with Gasteiger partial charge in [-0.1, -0.05) is 11.8 Å². The van der Waals surface area contributed by atoms with Crippen molar-refractivity contribution >= 4 is 23.5 Å². The first kappa shape index (κ1) is 15.6. The van der Waals surface area contributed by atoms with E-state index in [1.807, 2.05) is 23.5 Å². The second-order valence-corrected chi connectivity index (χ2v) is 8.51. The predicted molar refractivity (Wildman–Crippen MR) is 87.8 cm³/mol. The van der Waals surface area contributed by atoms with Crippen molar-refractivity contribution in [1.29, 1.82) is 0 Å². The van der Waals surface area contributed by atoms with E-state index >= 15 is 0 Å². The lowest BCUT2D eigenvalue weighted by atomic mass is 9.93. The van der Waals surface area contributed by atoms with E-state index in [1.54, 1.807) is 0 Å². The van der Waals surface area contributed by atoms with Crippen LogP contribution in [0.3, 0.4) is 0 Å². The maximum atomic E-state index is 6.10. The van der Waals surface area contributed by atoms with Crippen molar-refractivity contribution in [1.82, 2.24) is 14.8 Å². The summed E-state index contributed by atoms with van der Waals surface area (Å²) in [5, 5.41) is 10.2. The topological polar surface area (TPSA) is 66.0 Å². The highest BCUT2D eigenvalue weighted by molar-refractivity contribution is 8.00. The summed E-state index contributed by atoms with van der Waals surface area (Å²) in [6.07, 6.45) is 3.42. The van der Waals surface area contributed by atoms with Gasteiger partial charge in [-0.3, -0.25) is 0 Å². The number of hydrogen-bond donors (Lipinski definition) is 1. The number of nitrogens with zero attached hydrogens (tertiary/aromatic N) is 3. The van der Waals surface area contributed by atoms with Gasteiger partial charge in [-0.25, -0.2) is 0 Å². The first-order chi connectivity index (χ1) is 10.1. The van der Waals surface area contributed by atoms with Crippen LogP contribution >= 0.6 is 23.5 Å². The average Bonchev–Trinajstić information content (AvgIpc) is 3.06. The van der Waals surface area contributed by atoms with Crippen molar-refractivity contribution in [2.24, 2.45) is 5.73 Å². The summed E-state index contributed by atoms with van der Waals surface area (Å²) in [7, 11) is 0. The molecule has 2 saturated heterocycles. The van der Waals surface area contributed by atoms with Gasteiger partial charge in [0.1, 0.15) is 5.82 Å². The molecule has 5 nitrogen and oxygen atoms in total. The molecule has 2 aliphatic rings. The van der Waals surface area contributed by atoms with Gasteiger partial charge in [0.2, 0.25) is 0 Å². The first-order valence-corrected chi connectivity index (χ1v) is 9.69. The van der Waals surface area contributed by atoms with E-state index in [0.717, 1.165) is 36.2 Å². The van der Waals surface area contributed by atoms with Crippen molar-refractivity contribution in [3.8, 4) is 0 Å². The molecule has 1 spiro atoms. The van der Waals surface area contributed by atoms with Crippen LogP contribution in [-0.4, -0.2) is 43.7 Å². The minimum Gasteiger partial charge on any atom is -0.374 e. The van der Waals surface area contributed by atoms with Gasteiger partial charge in [0.05, 0.1) is 12.1 Å². The molecule has 1 aromatic rings. The number of ether oxygens (including phenoxy) is 1. The molecular weight excluding hydrogens is 304 g/mol. The van der Waals surface area contributed by atoms with Gasteiger partial charge < -0.3 is 15.0 Å². The van der Waals surface area contributed by atoms with Crippen LogP contribution in [0.25, 0.3) is 0 Å². The molecule has 2 fully saturated rings. The van der Waals surface area contributed by atoms with E-state index in [9.17, 15) is 0 Å². The van der Waals surface area contributed by atoms with Crippen LogP contribution in [0.4, 0.5) is 0 Å². The normalized spacial score (nSPS) is 29.6. The lowest BCUT2D eigenvalue weighted by Crippen LogP contribution is -2.41. The maximum Gasteiger partial charge on any atom is 0.191 e. The van der Waals surface area contributed by atoms with Crippen molar-refractivity contribution in [2.75, 3.05) is 18.1 Å². The zero-order valence-electron chi connectivity index (χ0n) is 12.7. The number of nitrogens with two attached hydrogens (primary N) is 1. The molecule has 1 aromatic heterocycles. The Balaban J connectivity index is 1.73. The SMILES string of the molecule is CC(C)n1c(CN)nnc1SC1CCOC2(CCSC2)C1. The number of hydrogen-bond acceptors (Lipinski definition) is 6. The Labute approximate surface area is 134 Å². The molecule has 3 rings (SSSR count). The second kappa shape index (κ2) is 6.48. The summed E-state index contributed by atoms with van der Waals surface area (Å²) in [6.45, 7) is 5.63. The van der Waals surface area contributed by atoms with Gasteiger partial charge >= 0.3 is 0 Å². The van der Waals surface area contributed by atoms with Gasteiger partial charge in [0, 0.05) is 23.7 Å². The molecule has 21 heavy (non-hydrogen) atoms. The quantitative estimate of drug-likeness (QED) is 0.916. The van der Waals surface area contributed by atoms with Crippen LogP contribution in [0.1, 0.15) is 45.0 Å². The fourth-order valence-electron chi connectivity index (χ4n) is 3.14. The Morgan fingerprint density at radius 2 is 2.38 bits per heavy atom. The lowest BCUT2D eigenvalue weighted by molar-refractivity contribution is -0.0562. The van der Waals surface area contributed by atoms with Crippen molar-refractivity contribution in [3.63, 3.8) is 0 Å². The minimum atomic E-state index is 0.125. The van der Waals surface area contributed by atoms with Gasteiger partial charge in [-0.05, 0) is 38.9 Å². The summed E-state index contributed by atoms with van der Waals surface area (Å²) < 4.78 is 8.28. The molecule has 0 amide bonds. The minimum absolute atomic E-state index is 0.125. The average molecular weight is 329 g/mol. The third-order valence-corrected chi connectivity index (χ3v) is 6.67. The van der Waals surface area contributed by atoms with Crippen molar-refractivity contribution < 1.29 is 4.74 Å². The third-order valence-electron chi connectivity index (χ3n) is 4.22. The van der Waals surface area contributed by atoms with Crippen molar-refractivity contribution in [3.05, 3.63) is 5.82 Å². The number of rotatable bonds is 4. The molecule has 0 aliphatic carbocycles. The Morgan fingerprint density at radius 1 is 1.52 bits per heavy atom. The third kappa shape index (κ3) is 3.25. The van der Waals surface area contributed by atoms with Gasteiger partial charge in [-0.2, -0.15) is 11.8 Å². The lowest BCUT2D eigenvalue weighted by Gasteiger charge is -2.37. The van der Waals surface area contributed by atoms with Crippen LogP contribution in [0.2, 0.25) is 0 Å². The highest BCUT2D eigenvalue weighted by Gasteiger charge is 2.41. The highest BCUT2D eigenvalue weighted by Crippen LogP contribution is 2.43. The summed E-state index contributed by atoms with van der Waals surface area (Å²) >= 11 is 3.88. The Hall–Kier alpha value is -0.240. The summed E-state index contributed by atoms with van der Waals surface area (Å²) in [5.74, 6) is 3.26. The Morgan fingerprint density at radius 3 is 3.05 bits per heavy atom. The Kier molecular flexibility index (Phi) is 4.83. The Bertz CT molecular complexity index is 485. The van der Waals surface area contributed by atoms with Crippen molar-refractivity contribution in [2.45, 2.75) is 61.7 Å². The molecule has 0 aromatic carbocycles. The number of thioether (sulfide) groups is 2. The molecule has 2 aliphatic heterocycles. The van der Waals surface area contributed by atoms with Gasteiger partial charge in [0.25, 0.3) is 0 Å². The standard InChI is InChI=1S/C14H24N4OS2/c1-10(2)18-12(8-15)16-17-13(18)21-11-3-5-19-14(7-11)4-6-20-9-14/h10-11H,3-9,15H2,1-2H3. The fraction of sp³-hybridized carbons (Fsp3) is 0.857. The van der Waals surface area contributed by atoms with E-state index in [4.69, 9.17) is 10.5 Å². The molecule has 7 heteroatoms. The maximum absolute atomic E-state index is 6.10. The van der Waals surface area contributed by atoms with Crippen LogP contribution in [0.15, 0.2) is 5.16 Å². The predicted octanol–water partition coefficient (Wildman–Crippen LogP) is 2.46. The fourth-order valence-corrected chi connectivity index (χ4v) is 5.94. The van der Waals surface area contributed by atoms with Crippen LogP contribution in [-0.2, 0) is 11.3 Å². The first-order valence-electron chi connectivity index (χ1n) is 7.66. The molecule has 3 heterocycles. The van der Waals surface area contributed by atoms with E-state index in [-0.39, 0.29) is 5.60 Å². The monoisotopic (exact) mass is 328 g/mol. The molecule has 118 valence electrons. The van der Waals surface area contributed by atoms with Crippen LogP contribution < -0.4 is 5.73 Å². The summed E-state index contributed by atoms with van der Waals surface area (Å²) in [5.41, 5.74) is 5.90. The van der Waals surface area contributed by atoms with Gasteiger partial charge in [-0.15, -0.1) is 10.2 Å². The van der Waals surface area contributed by atoms with Crippen LogP contribution in [0, 0.1) is 0 Å². The van der Waals surface area contributed by atoms with E-state index in [0.29, 0.717) is 17.8 Å². The molecule has 0 bridgehead atoms. The second-order valence-electron chi connectivity index (χ2n) is 6.13. The van der Waals surface area contributed by atoms with E-state index in [2.05, 4.69) is 28.6 Å². The molecule has 0 radical (unpaired) electrons. The summed E-state index contributed by atoms with van der Waals surface area (Å²) in [6, 6.07) is 0.344. The smallest absolute Gasteiger partial charge is 0.191 e. The molecule has 2 atom stereocenters. The number of aromatic nitrogens is 3. The highest BCUT2D eigenvalue weighted by atomic mass is 32.2. The molecule has 2 N–H and O–H groups in total. The zero-order valence-corrected chi connectivity index (χ0v) is 14.4. The van der Waals surface area contributed by atoms with E-state index in [1.165, 1.54) is 12.2 Å². The summed E-state index contributed by atoms with van der Waals surface area (Å²) in [4.78, 5) is 0. The zero-order chi connectivity index (χ0) is 14.9. The molecule has 2 unspecified atom stereocenters. The molecular formula is C14H24N4OS2. The van der Waals surface area contributed by atoms with Crippen LogP contribution in [0.5, 0.6) is 0 Å². The largest absolute Gasteiger partial charge is 0.374 e.